The van der Waals surface area contributed by atoms with Crippen LogP contribution in [0.1, 0.15) is 40.6 Å². The fourth-order valence-electron chi connectivity index (χ4n) is 1.49. The number of aryl methyl sites for hydroxylation is 2. The number of amides is 1. The SMILES string of the molecule is CCC(C)(NC(=O)c1sc(C)nc1C)C(N)=NO. The summed E-state index contributed by atoms with van der Waals surface area (Å²) in [6.07, 6.45) is 0.519. The van der Waals surface area contributed by atoms with Gasteiger partial charge in [0.25, 0.3) is 5.91 Å². The number of nitrogens with one attached hydrogen (secondary N) is 1. The van der Waals surface area contributed by atoms with Crippen LogP contribution in [0, 0.1) is 13.8 Å². The van der Waals surface area contributed by atoms with E-state index in [1.165, 1.54) is 11.3 Å². The summed E-state index contributed by atoms with van der Waals surface area (Å²) in [4.78, 5) is 16.9. The molecule has 0 radical (unpaired) electrons. The largest absolute Gasteiger partial charge is 0.409 e. The Morgan fingerprint density at radius 1 is 1.61 bits per heavy atom. The van der Waals surface area contributed by atoms with Crippen LogP contribution in [-0.2, 0) is 0 Å². The predicted molar refractivity (Wildman–Crippen MR) is 71.2 cm³/mol. The number of oxime groups is 1. The highest BCUT2D eigenvalue weighted by molar-refractivity contribution is 7.13. The normalized spacial score (nSPS) is 15.2. The van der Waals surface area contributed by atoms with Crippen LogP contribution in [0.5, 0.6) is 0 Å². The van der Waals surface area contributed by atoms with Crippen LogP contribution in [0.4, 0.5) is 0 Å². The van der Waals surface area contributed by atoms with Crippen LogP contribution < -0.4 is 11.1 Å². The number of hydrogen-bond acceptors (Lipinski definition) is 5. The number of hydrogen-bond donors (Lipinski definition) is 3. The molecule has 0 aliphatic rings. The first-order chi connectivity index (χ1) is 8.34. The molecule has 6 nitrogen and oxygen atoms in total. The second-order valence-corrected chi connectivity index (χ2v) is 5.48. The maximum absolute atomic E-state index is 12.1. The molecule has 0 fully saturated rings. The van der Waals surface area contributed by atoms with Gasteiger partial charge < -0.3 is 16.3 Å². The van der Waals surface area contributed by atoms with Gasteiger partial charge in [-0.1, -0.05) is 12.1 Å². The topological polar surface area (TPSA) is 101 Å². The molecule has 1 atom stereocenters. The van der Waals surface area contributed by atoms with E-state index in [1.807, 2.05) is 13.8 Å². The summed E-state index contributed by atoms with van der Waals surface area (Å²) in [5.41, 5.74) is 5.43. The highest BCUT2D eigenvalue weighted by Gasteiger charge is 2.31. The molecule has 1 rings (SSSR count). The van der Waals surface area contributed by atoms with Crippen molar-refractivity contribution in [2.24, 2.45) is 10.9 Å². The lowest BCUT2D eigenvalue weighted by atomic mass is 9.97. The average molecular weight is 270 g/mol. The molecule has 0 bridgehead atoms. The van der Waals surface area contributed by atoms with E-state index in [9.17, 15) is 4.79 Å². The highest BCUT2D eigenvalue weighted by Crippen LogP contribution is 2.19. The van der Waals surface area contributed by atoms with Gasteiger partial charge in [0.2, 0.25) is 0 Å². The lowest BCUT2D eigenvalue weighted by Gasteiger charge is -2.27. The molecular weight excluding hydrogens is 252 g/mol. The van der Waals surface area contributed by atoms with Crippen LogP contribution in [0.15, 0.2) is 5.16 Å². The Morgan fingerprint density at radius 3 is 2.61 bits per heavy atom. The van der Waals surface area contributed by atoms with Gasteiger partial charge in [0.15, 0.2) is 5.84 Å². The lowest BCUT2D eigenvalue weighted by Crippen LogP contribution is -2.55. The summed E-state index contributed by atoms with van der Waals surface area (Å²) in [6.45, 7) is 7.19. The second kappa shape index (κ2) is 5.34. The van der Waals surface area contributed by atoms with E-state index in [2.05, 4.69) is 15.5 Å². The van der Waals surface area contributed by atoms with E-state index < -0.39 is 5.54 Å². The molecule has 0 saturated carbocycles. The van der Waals surface area contributed by atoms with E-state index >= 15 is 0 Å². The first kappa shape index (κ1) is 14.4. The predicted octanol–water partition coefficient (Wildman–Crippen LogP) is 1.40. The van der Waals surface area contributed by atoms with Gasteiger partial charge in [0, 0.05) is 0 Å². The zero-order chi connectivity index (χ0) is 13.9. The molecule has 100 valence electrons. The molecule has 1 heterocycles. The van der Waals surface area contributed by atoms with Crippen molar-refractivity contribution in [2.45, 2.75) is 39.7 Å². The summed E-state index contributed by atoms with van der Waals surface area (Å²) >= 11 is 1.33. The van der Waals surface area contributed by atoms with Gasteiger partial charge in [0.1, 0.15) is 4.88 Å². The van der Waals surface area contributed by atoms with Crippen molar-refractivity contribution in [2.75, 3.05) is 0 Å². The molecule has 1 aromatic rings. The molecule has 1 amide bonds. The third-order valence-corrected chi connectivity index (χ3v) is 3.95. The van der Waals surface area contributed by atoms with Crippen LogP contribution >= 0.6 is 11.3 Å². The Kier molecular flexibility index (Phi) is 4.28. The number of thiazole rings is 1. The van der Waals surface area contributed by atoms with E-state index in [1.54, 1.807) is 13.8 Å². The number of amidine groups is 1. The minimum absolute atomic E-state index is 0.0164. The fraction of sp³-hybridized carbons (Fsp3) is 0.545. The Labute approximate surface area is 110 Å². The number of nitrogens with zero attached hydrogens (tertiary/aromatic N) is 2. The standard InChI is InChI=1S/C11H18N4O2S/c1-5-11(4,10(12)15-17)14-9(16)8-6(2)13-7(3)18-8/h17H,5H2,1-4H3,(H2,12,15)(H,14,16). The lowest BCUT2D eigenvalue weighted by molar-refractivity contribution is 0.0928. The van der Waals surface area contributed by atoms with Gasteiger partial charge in [-0.2, -0.15) is 0 Å². The van der Waals surface area contributed by atoms with E-state index in [-0.39, 0.29) is 11.7 Å². The molecular formula is C11H18N4O2S. The van der Waals surface area contributed by atoms with Crippen molar-refractivity contribution in [3.05, 3.63) is 15.6 Å². The molecule has 18 heavy (non-hydrogen) atoms. The van der Waals surface area contributed by atoms with Crippen LogP contribution in [0.2, 0.25) is 0 Å². The molecule has 0 spiro atoms. The van der Waals surface area contributed by atoms with Gasteiger partial charge in [-0.25, -0.2) is 4.98 Å². The fourth-order valence-corrected chi connectivity index (χ4v) is 2.31. The zero-order valence-corrected chi connectivity index (χ0v) is 11.8. The number of rotatable bonds is 4. The molecule has 1 unspecified atom stereocenters. The van der Waals surface area contributed by atoms with Crippen LogP contribution in [0.25, 0.3) is 0 Å². The number of nitrogens with two attached hydrogens (primary N) is 1. The minimum atomic E-state index is -0.865. The van der Waals surface area contributed by atoms with Crippen molar-refractivity contribution >= 4 is 23.1 Å². The Bertz CT molecular complexity index is 483. The van der Waals surface area contributed by atoms with Crippen molar-refractivity contribution < 1.29 is 10.0 Å². The van der Waals surface area contributed by atoms with E-state index in [4.69, 9.17) is 10.9 Å². The van der Waals surface area contributed by atoms with E-state index in [0.29, 0.717) is 17.0 Å². The number of aromatic nitrogens is 1. The maximum atomic E-state index is 12.1. The van der Waals surface area contributed by atoms with Crippen molar-refractivity contribution in [3.63, 3.8) is 0 Å². The zero-order valence-electron chi connectivity index (χ0n) is 10.9. The van der Waals surface area contributed by atoms with Gasteiger partial charge in [0.05, 0.1) is 16.2 Å². The first-order valence-electron chi connectivity index (χ1n) is 5.58. The Hall–Kier alpha value is -1.63. The summed E-state index contributed by atoms with van der Waals surface area (Å²) in [5, 5.41) is 15.3. The van der Waals surface area contributed by atoms with Crippen molar-refractivity contribution in [1.29, 1.82) is 0 Å². The van der Waals surface area contributed by atoms with E-state index in [0.717, 1.165) is 5.01 Å². The van der Waals surface area contributed by atoms with Crippen LogP contribution in [-0.4, -0.2) is 27.5 Å². The number of carbonyl (C=O) groups is 1. The molecule has 0 aliphatic carbocycles. The Morgan fingerprint density at radius 2 is 2.22 bits per heavy atom. The first-order valence-corrected chi connectivity index (χ1v) is 6.40. The summed E-state index contributed by atoms with van der Waals surface area (Å²) < 4.78 is 0. The third-order valence-electron chi connectivity index (χ3n) is 2.88. The second-order valence-electron chi connectivity index (χ2n) is 4.27. The average Bonchev–Trinajstić information content (AvgIpc) is 2.67. The highest BCUT2D eigenvalue weighted by atomic mass is 32.1. The smallest absolute Gasteiger partial charge is 0.264 e. The Balaban J connectivity index is 2.97. The van der Waals surface area contributed by atoms with Gasteiger partial charge in [-0.15, -0.1) is 11.3 Å². The number of carbonyl (C=O) groups excluding carboxylic acids is 1. The van der Waals surface area contributed by atoms with Gasteiger partial charge >= 0.3 is 0 Å². The van der Waals surface area contributed by atoms with Gasteiger partial charge in [-0.3, -0.25) is 4.79 Å². The molecule has 4 N–H and O–H groups in total. The van der Waals surface area contributed by atoms with Crippen molar-refractivity contribution in [3.8, 4) is 0 Å². The summed E-state index contributed by atoms with van der Waals surface area (Å²) in [7, 11) is 0. The third kappa shape index (κ3) is 2.79. The maximum Gasteiger partial charge on any atom is 0.264 e. The van der Waals surface area contributed by atoms with Crippen molar-refractivity contribution in [1.82, 2.24) is 10.3 Å². The van der Waals surface area contributed by atoms with Gasteiger partial charge in [-0.05, 0) is 27.2 Å². The minimum Gasteiger partial charge on any atom is -0.409 e. The quantitative estimate of drug-likeness (QED) is 0.333. The molecule has 0 aromatic carbocycles. The summed E-state index contributed by atoms with van der Waals surface area (Å²) in [5.74, 6) is -0.272. The molecule has 7 heteroatoms. The molecule has 1 aromatic heterocycles. The molecule has 0 saturated heterocycles. The summed E-state index contributed by atoms with van der Waals surface area (Å²) in [6, 6.07) is 0. The van der Waals surface area contributed by atoms with Crippen LogP contribution in [0.3, 0.4) is 0 Å². The monoisotopic (exact) mass is 270 g/mol. The molecule has 0 aliphatic heterocycles.